The van der Waals surface area contributed by atoms with Gasteiger partial charge in [0.05, 0.1) is 55.4 Å². The number of hydrogen-bond donors (Lipinski definition) is 0. The van der Waals surface area contributed by atoms with Crippen molar-refractivity contribution in [2.24, 2.45) is 0 Å². The fourth-order valence-electron chi connectivity index (χ4n) is 20.1. The first-order chi connectivity index (χ1) is 68.8. The maximum absolute atomic E-state index is 10.2. The number of fused-ring (bicyclic) bond motifs is 19. The second kappa shape index (κ2) is 27.7. The maximum Gasteiger partial charge on any atom is 0.252 e. The van der Waals surface area contributed by atoms with Crippen LogP contribution < -0.4 is 26.2 Å². The molecule has 0 spiro atoms. The first-order valence-corrected chi connectivity index (χ1v) is 42.2. The molecule has 0 amide bonds. The number of para-hydroxylation sites is 9. The van der Waals surface area contributed by atoms with Crippen molar-refractivity contribution in [1.82, 2.24) is 9.13 Å². The van der Waals surface area contributed by atoms with Crippen LogP contribution in [0.3, 0.4) is 0 Å². The summed E-state index contributed by atoms with van der Waals surface area (Å²) in [7, 11) is 0. The Hall–Kier alpha value is -16.2. The van der Waals surface area contributed by atoms with Gasteiger partial charge in [0.15, 0.2) is 0 Å². The van der Waals surface area contributed by atoms with Crippen molar-refractivity contribution in [2.75, 3.05) is 9.80 Å². The Balaban J connectivity index is 0.905. The van der Waals surface area contributed by atoms with Crippen molar-refractivity contribution in [2.45, 2.75) is 26.2 Å². The molecule has 126 heavy (non-hydrogen) atoms. The average molecular weight is 1630 g/mol. The predicted molar refractivity (Wildman–Crippen MR) is 528 cm³/mol. The van der Waals surface area contributed by atoms with E-state index >= 15 is 0 Å². The molecule has 19 aromatic carbocycles. The highest BCUT2D eigenvalue weighted by Crippen LogP contribution is 2.58. The standard InChI is InChI=1S/C118H77BN4O3/c1-118(2,3)79-58-56-74(57-59-79)78-68-106-113-107(69-78)123(115-95(88-43-29-55-111-112(88)93-42-19-26-54-110(93)124-111)65-77(73-32-9-5-10-33-73)67-97(115)92-47-28-45-90-87-41-18-25-53-109(87)126-117(90)92)105-71-81(121-102-50-22-15-38-84(102)85-39-16-23-51-103(85)121)61-63-99(105)119(113)98-62-60-80(120-100-48-20-13-36-82(100)83-37-14-21-49-101(83)120)70-104(98)122(106)114-94(75-34-11-6-12-35-75)64-76(72-30-7-4-8-31-72)66-96(114)91-46-27-44-89-86-40-17-24-52-108(86)125-116(89)91/h4-71H,1-3H3/i13D,14D,15D,16D,20D,21D,22D,23D,36D,37D,38D,39D,48D,49D,50D,51D. The van der Waals surface area contributed by atoms with Crippen LogP contribution in [0.5, 0.6) is 0 Å². The monoisotopic (exact) mass is 1620 g/mol. The average Bonchev–Trinajstić information content (AvgIpc) is 1.33. The van der Waals surface area contributed by atoms with E-state index in [-0.39, 0.29) is 60.4 Å². The van der Waals surface area contributed by atoms with Crippen LogP contribution in [-0.4, -0.2) is 15.8 Å². The van der Waals surface area contributed by atoms with E-state index in [1.54, 1.807) is 9.13 Å². The zero-order valence-electron chi connectivity index (χ0n) is 84.1. The summed E-state index contributed by atoms with van der Waals surface area (Å²) in [6.45, 7) is 5.60. The van der Waals surface area contributed by atoms with Crippen LogP contribution in [0.4, 0.5) is 34.1 Å². The number of benzene rings is 19. The van der Waals surface area contributed by atoms with Crippen LogP contribution in [0.25, 0.3) is 199 Å². The van der Waals surface area contributed by atoms with Crippen LogP contribution in [0, 0.1) is 0 Å². The van der Waals surface area contributed by atoms with Gasteiger partial charge in [0.1, 0.15) is 33.5 Å². The van der Waals surface area contributed by atoms with Gasteiger partial charge in [0, 0.05) is 121 Å². The molecular weight excluding hydrogens is 1530 g/mol. The summed E-state index contributed by atoms with van der Waals surface area (Å²) in [5.41, 5.74) is 20.8. The molecule has 0 saturated carbocycles. The molecule has 7 nitrogen and oxygen atoms in total. The van der Waals surface area contributed by atoms with E-state index in [0.717, 1.165) is 87.9 Å². The normalized spacial score (nSPS) is 14.5. The van der Waals surface area contributed by atoms with Crippen LogP contribution in [0.2, 0.25) is 0 Å². The van der Waals surface area contributed by atoms with E-state index in [0.29, 0.717) is 112 Å². The lowest BCUT2D eigenvalue weighted by molar-refractivity contribution is 0.590. The number of anilines is 6. The summed E-state index contributed by atoms with van der Waals surface area (Å²) >= 11 is 0. The fraction of sp³-hybridized carbons (Fsp3) is 0.0339. The quantitative estimate of drug-likeness (QED) is 0.121. The molecule has 0 N–H and O–H groups in total. The zero-order chi connectivity index (χ0) is 97.1. The van der Waals surface area contributed by atoms with Crippen molar-refractivity contribution >= 4 is 167 Å². The van der Waals surface area contributed by atoms with Gasteiger partial charge in [-0.15, -0.1) is 0 Å². The van der Waals surface area contributed by atoms with Gasteiger partial charge in [0.25, 0.3) is 6.71 Å². The van der Waals surface area contributed by atoms with Gasteiger partial charge in [-0.3, -0.25) is 0 Å². The minimum Gasteiger partial charge on any atom is -0.456 e. The van der Waals surface area contributed by atoms with E-state index in [2.05, 4.69) is 188 Å². The fourth-order valence-corrected chi connectivity index (χ4v) is 20.1. The SMILES string of the molecule is [2H]c1c([2H])c([2H])c2c(c1[2H])c1c([2H])c([2H])c([2H])c([2H])c1n2-c1ccc2c(c1)N(c1c(-c3ccccc3)cc(-c3ccccc3)cc1-c1cccc3c1oc1ccccc13)c1cc(-c3ccc(C(C)(C)C)cc3)cc3c1B2c1ccc(-n2c4c([2H])c([2H])c([2H])c([2H])c4c4c([2H])c([2H])c([2H])c([2H])c42)cc1N3c1c(-c2cccc3c2oc2ccccc23)cc(-c2ccccc2)cc1-c1cccc2oc3ccccc3c12. The van der Waals surface area contributed by atoms with Crippen molar-refractivity contribution in [1.29, 1.82) is 0 Å². The molecule has 26 rings (SSSR count). The van der Waals surface area contributed by atoms with Gasteiger partial charge in [-0.05, 0) is 181 Å². The molecule has 0 aliphatic carbocycles. The molecule has 8 heteroatoms. The molecule has 0 radical (unpaired) electrons. The van der Waals surface area contributed by atoms with Crippen molar-refractivity contribution in [3.63, 3.8) is 0 Å². The first-order valence-electron chi connectivity index (χ1n) is 50.2. The highest BCUT2D eigenvalue weighted by atomic mass is 16.3. The van der Waals surface area contributed by atoms with E-state index in [4.69, 9.17) is 13.3 Å². The Kier molecular flexibility index (Phi) is 12.6. The van der Waals surface area contributed by atoms with Crippen molar-refractivity contribution < 1.29 is 35.2 Å². The zero-order valence-corrected chi connectivity index (χ0v) is 68.1. The molecule has 590 valence electrons. The molecule has 5 aromatic heterocycles. The lowest BCUT2D eigenvalue weighted by atomic mass is 9.33. The molecule has 0 bridgehead atoms. The minimum absolute atomic E-state index is 0.0956. The lowest BCUT2D eigenvalue weighted by Gasteiger charge is -2.46. The number of aromatic nitrogens is 2. The van der Waals surface area contributed by atoms with Gasteiger partial charge in [-0.25, -0.2) is 0 Å². The molecule has 0 fully saturated rings. The van der Waals surface area contributed by atoms with E-state index < -0.39 is 103 Å². The Labute approximate surface area is 749 Å². The summed E-state index contributed by atoms with van der Waals surface area (Å²) in [5, 5.41) is 4.63. The second-order valence-corrected chi connectivity index (χ2v) is 33.7. The van der Waals surface area contributed by atoms with Gasteiger partial charge < -0.3 is 32.2 Å². The Morgan fingerprint density at radius 1 is 0.262 bits per heavy atom. The molecule has 2 aliphatic rings. The topological polar surface area (TPSA) is 55.8 Å². The third-order valence-electron chi connectivity index (χ3n) is 25.8. The maximum atomic E-state index is 10.2. The highest BCUT2D eigenvalue weighted by molar-refractivity contribution is 7.00. The largest absolute Gasteiger partial charge is 0.456 e. The van der Waals surface area contributed by atoms with Gasteiger partial charge >= 0.3 is 0 Å². The molecule has 24 aromatic rings. The Morgan fingerprint density at radius 2 is 0.627 bits per heavy atom. The molecular formula is C118H77BN4O3. The summed E-state index contributed by atoms with van der Waals surface area (Å²) in [6, 6.07) is 98.2. The third kappa shape index (κ3) is 10.9. The van der Waals surface area contributed by atoms with Crippen LogP contribution in [-0.2, 0) is 5.41 Å². The summed E-state index contributed by atoms with van der Waals surface area (Å²) < 4.78 is 181. The van der Waals surface area contributed by atoms with Crippen molar-refractivity contribution in [3.05, 3.63) is 418 Å². The summed E-state index contributed by atoms with van der Waals surface area (Å²) in [6.07, 6.45) is 0. The summed E-state index contributed by atoms with van der Waals surface area (Å²) in [4.78, 5) is 4.64. The molecule has 0 unspecified atom stereocenters. The molecule has 0 saturated heterocycles. The van der Waals surface area contributed by atoms with E-state index in [1.165, 1.54) is 0 Å². The summed E-state index contributed by atoms with van der Waals surface area (Å²) in [5.74, 6) is 0. The second-order valence-electron chi connectivity index (χ2n) is 33.7. The molecule has 0 atom stereocenters. The van der Waals surface area contributed by atoms with Gasteiger partial charge in [-0.2, -0.15) is 0 Å². The third-order valence-corrected chi connectivity index (χ3v) is 25.8. The van der Waals surface area contributed by atoms with Crippen LogP contribution >= 0.6 is 0 Å². The molecule has 7 heterocycles. The van der Waals surface area contributed by atoms with Crippen molar-refractivity contribution in [3.8, 4) is 89.3 Å². The lowest BCUT2D eigenvalue weighted by Crippen LogP contribution is -2.61. The Bertz CT molecular complexity index is 9550. The van der Waals surface area contributed by atoms with E-state index in [9.17, 15) is 21.9 Å². The van der Waals surface area contributed by atoms with Gasteiger partial charge in [0.2, 0.25) is 0 Å². The van der Waals surface area contributed by atoms with Crippen LogP contribution in [0.1, 0.15) is 48.3 Å². The number of hydrogen-bond acceptors (Lipinski definition) is 5. The smallest absolute Gasteiger partial charge is 0.252 e. The van der Waals surface area contributed by atoms with Gasteiger partial charge in [-0.1, -0.05) is 324 Å². The number of rotatable bonds is 11. The first kappa shape index (κ1) is 57.2. The van der Waals surface area contributed by atoms with Crippen LogP contribution in [0.15, 0.2) is 425 Å². The Morgan fingerprint density at radius 3 is 1.10 bits per heavy atom. The number of furan rings is 3. The number of nitrogens with zero attached hydrogens (tertiary/aromatic N) is 4. The minimum atomic E-state index is -0.940. The van der Waals surface area contributed by atoms with E-state index in [1.807, 2.05) is 158 Å². The highest BCUT2D eigenvalue weighted by Gasteiger charge is 2.47. The molecule has 2 aliphatic heterocycles. The predicted octanol–water partition coefficient (Wildman–Crippen LogP) is 30.6.